The molecule has 0 saturated carbocycles. The first-order chi connectivity index (χ1) is 9.70. The topological polar surface area (TPSA) is 44.1 Å². The number of rotatable bonds is 4. The van der Waals surface area contributed by atoms with Gasteiger partial charge in [-0.05, 0) is 29.8 Å². The fourth-order valence-electron chi connectivity index (χ4n) is 1.87. The van der Waals surface area contributed by atoms with Crippen LogP contribution in [0.15, 0.2) is 54.6 Å². The van der Waals surface area contributed by atoms with Gasteiger partial charge in [0.15, 0.2) is 0 Å². The number of carbonyl (C=O) groups is 1. The Labute approximate surface area is 116 Å². The van der Waals surface area contributed by atoms with Crippen molar-refractivity contribution >= 4 is 11.6 Å². The highest BCUT2D eigenvalue weighted by Crippen LogP contribution is 2.19. The highest BCUT2D eigenvalue weighted by atomic mass is 19.1. The molecule has 4 heteroatoms. The molecule has 100 valence electrons. The zero-order valence-electron chi connectivity index (χ0n) is 10.8. The predicted molar refractivity (Wildman–Crippen MR) is 74.3 cm³/mol. The molecule has 3 nitrogen and oxygen atoms in total. The lowest BCUT2D eigenvalue weighted by Crippen LogP contribution is -2.29. The van der Waals surface area contributed by atoms with E-state index in [1.165, 1.54) is 29.2 Å². The van der Waals surface area contributed by atoms with Crippen LogP contribution < -0.4 is 4.90 Å². The van der Waals surface area contributed by atoms with Crippen molar-refractivity contribution in [3.63, 3.8) is 0 Å². The molecule has 0 bridgehead atoms. The second-order valence-corrected chi connectivity index (χ2v) is 4.28. The van der Waals surface area contributed by atoms with Crippen LogP contribution in [-0.4, -0.2) is 5.91 Å². The zero-order chi connectivity index (χ0) is 14.4. The van der Waals surface area contributed by atoms with Crippen LogP contribution in [0, 0.1) is 17.1 Å². The van der Waals surface area contributed by atoms with Gasteiger partial charge in [0.05, 0.1) is 12.6 Å². The molecule has 0 aromatic heterocycles. The zero-order valence-corrected chi connectivity index (χ0v) is 10.8. The van der Waals surface area contributed by atoms with E-state index in [1.54, 1.807) is 0 Å². The summed E-state index contributed by atoms with van der Waals surface area (Å²) in [5.74, 6) is -0.663. The molecule has 0 unspecified atom stereocenters. The Morgan fingerprint density at radius 2 is 1.75 bits per heavy atom. The van der Waals surface area contributed by atoms with Crippen molar-refractivity contribution in [3.05, 3.63) is 66.0 Å². The van der Waals surface area contributed by atoms with Gasteiger partial charge in [0, 0.05) is 5.69 Å². The standard InChI is InChI=1S/C16H13FN2O/c17-14-6-8-15(9-7-14)19(16(20)10-11-18)12-13-4-2-1-3-5-13/h1-9H,10,12H2. The highest BCUT2D eigenvalue weighted by Gasteiger charge is 2.15. The Kier molecular flexibility index (Phi) is 4.46. The maximum Gasteiger partial charge on any atom is 0.241 e. The van der Waals surface area contributed by atoms with Gasteiger partial charge in [-0.3, -0.25) is 4.79 Å². The smallest absolute Gasteiger partial charge is 0.241 e. The molecule has 0 atom stereocenters. The van der Waals surface area contributed by atoms with Crippen LogP contribution in [-0.2, 0) is 11.3 Å². The van der Waals surface area contributed by atoms with Crippen molar-refractivity contribution in [3.8, 4) is 6.07 Å². The summed E-state index contributed by atoms with van der Waals surface area (Å²) < 4.78 is 13.0. The van der Waals surface area contributed by atoms with Crippen molar-refractivity contribution in [1.82, 2.24) is 0 Å². The number of halogens is 1. The Hall–Kier alpha value is -2.67. The molecule has 20 heavy (non-hydrogen) atoms. The van der Waals surface area contributed by atoms with Gasteiger partial charge in [-0.1, -0.05) is 30.3 Å². The summed E-state index contributed by atoms with van der Waals surface area (Å²) in [6.45, 7) is 0.354. The predicted octanol–water partition coefficient (Wildman–Crippen LogP) is 3.27. The van der Waals surface area contributed by atoms with E-state index in [0.29, 0.717) is 12.2 Å². The summed E-state index contributed by atoms with van der Waals surface area (Å²) in [6, 6.07) is 17.0. The van der Waals surface area contributed by atoms with E-state index < -0.39 is 0 Å². The number of anilines is 1. The molecule has 0 N–H and O–H groups in total. The summed E-state index contributed by atoms with van der Waals surface area (Å²) in [5, 5.41) is 8.69. The van der Waals surface area contributed by atoms with Gasteiger partial charge in [0.2, 0.25) is 5.91 Å². The molecule has 2 rings (SSSR count). The average Bonchev–Trinajstić information content (AvgIpc) is 2.47. The molecule has 0 aliphatic carbocycles. The summed E-state index contributed by atoms with van der Waals surface area (Å²) >= 11 is 0. The second kappa shape index (κ2) is 6.48. The van der Waals surface area contributed by atoms with Crippen LogP contribution in [0.2, 0.25) is 0 Å². The normalized spacial score (nSPS) is 9.80. The first-order valence-electron chi connectivity index (χ1n) is 6.17. The molecular formula is C16H13FN2O. The fraction of sp³-hybridized carbons (Fsp3) is 0.125. The number of nitriles is 1. The Balaban J connectivity index is 2.27. The highest BCUT2D eigenvalue weighted by molar-refractivity contribution is 5.94. The van der Waals surface area contributed by atoms with E-state index in [9.17, 15) is 9.18 Å². The van der Waals surface area contributed by atoms with Crippen LogP contribution in [0.3, 0.4) is 0 Å². The van der Waals surface area contributed by atoms with Gasteiger partial charge in [0.25, 0.3) is 0 Å². The van der Waals surface area contributed by atoms with Gasteiger partial charge < -0.3 is 4.90 Å². The summed E-state index contributed by atoms with van der Waals surface area (Å²) in [7, 11) is 0. The van der Waals surface area contributed by atoms with E-state index in [4.69, 9.17) is 5.26 Å². The maximum absolute atomic E-state index is 13.0. The minimum atomic E-state index is -0.360. The summed E-state index contributed by atoms with van der Waals surface area (Å²) in [4.78, 5) is 13.5. The SMILES string of the molecule is N#CCC(=O)N(Cc1ccccc1)c1ccc(F)cc1. The lowest BCUT2D eigenvalue weighted by atomic mass is 10.2. The van der Waals surface area contributed by atoms with E-state index in [1.807, 2.05) is 36.4 Å². The Bertz CT molecular complexity index is 617. The molecular weight excluding hydrogens is 255 g/mol. The van der Waals surface area contributed by atoms with Crippen molar-refractivity contribution < 1.29 is 9.18 Å². The van der Waals surface area contributed by atoms with Gasteiger partial charge in [-0.2, -0.15) is 5.26 Å². The van der Waals surface area contributed by atoms with Gasteiger partial charge in [0.1, 0.15) is 12.2 Å². The molecule has 0 heterocycles. The first kappa shape index (κ1) is 13.8. The monoisotopic (exact) mass is 268 g/mol. The first-order valence-corrected chi connectivity index (χ1v) is 6.17. The summed E-state index contributed by atoms with van der Waals surface area (Å²) in [5.41, 5.74) is 1.53. The van der Waals surface area contributed by atoms with Crippen LogP contribution in [0.25, 0.3) is 0 Å². The Morgan fingerprint density at radius 1 is 1.10 bits per heavy atom. The molecule has 1 amide bonds. The number of hydrogen-bond donors (Lipinski definition) is 0. The van der Waals surface area contributed by atoms with Crippen molar-refractivity contribution in [2.24, 2.45) is 0 Å². The fourth-order valence-corrected chi connectivity index (χ4v) is 1.87. The molecule has 0 spiro atoms. The van der Waals surface area contributed by atoms with Crippen molar-refractivity contribution in [2.45, 2.75) is 13.0 Å². The van der Waals surface area contributed by atoms with Gasteiger partial charge in [-0.15, -0.1) is 0 Å². The van der Waals surface area contributed by atoms with Gasteiger partial charge in [-0.25, -0.2) is 4.39 Å². The summed E-state index contributed by atoms with van der Waals surface area (Å²) in [6.07, 6.45) is -0.204. The second-order valence-electron chi connectivity index (χ2n) is 4.28. The van der Waals surface area contributed by atoms with Crippen LogP contribution in [0.1, 0.15) is 12.0 Å². The third kappa shape index (κ3) is 3.42. The number of amides is 1. The lowest BCUT2D eigenvalue weighted by Gasteiger charge is -2.22. The number of hydrogen-bond acceptors (Lipinski definition) is 2. The molecule has 0 fully saturated rings. The van der Waals surface area contributed by atoms with Crippen molar-refractivity contribution in [2.75, 3.05) is 4.90 Å². The largest absolute Gasteiger partial charge is 0.307 e. The van der Waals surface area contributed by atoms with Crippen LogP contribution in [0.5, 0.6) is 0 Å². The van der Waals surface area contributed by atoms with E-state index in [-0.39, 0.29) is 18.1 Å². The number of benzene rings is 2. The molecule has 2 aromatic carbocycles. The van der Waals surface area contributed by atoms with Crippen LogP contribution >= 0.6 is 0 Å². The molecule has 0 radical (unpaired) electrons. The quantitative estimate of drug-likeness (QED) is 0.854. The van der Waals surface area contributed by atoms with E-state index >= 15 is 0 Å². The minimum absolute atomic E-state index is 0.204. The molecule has 2 aromatic rings. The maximum atomic E-state index is 13.0. The third-order valence-electron chi connectivity index (χ3n) is 2.85. The third-order valence-corrected chi connectivity index (χ3v) is 2.85. The number of carbonyl (C=O) groups excluding carboxylic acids is 1. The van der Waals surface area contributed by atoms with E-state index in [2.05, 4.69) is 0 Å². The van der Waals surface area contributed by atoms with Crippen LogP contribution in [0.4, 0.5) is 10.1 Å². The van der Waals surface area contributed by atoms with E-state index in [0.717, 1.165) is 5.56 Å². The van der Waals surface area contributed by atoms with Gasteiger partial charge >= 0.3 is 0 Å². The molecule has 0 saturated heterocycles. The average molecular weight is 268 g/mol. The number of nitrogens with zero attached hydrogens (tertiary/aromatic N) is 2. The molecule has 0 aliphatic heterocycles. The van der Waals surface area contributed by atoms with Crippen molar-refractivity contribution in [1.29, 1.82) is 5.26 Å². The molecule has 0 aliphatic rings. The Morgan fingerprint density at radius 3 is 2.35 bits per heavy atom. The lowest BCUT2D eigenvalue weighted by molar-refractivity contribution is -0.117. The minimum Gasteiger partial charge on any atom is -0.307 e.